The van der Waals surface area contributed by atoms with Gasteiger partial charge in [0.05, 0.1) is 10.7 Å². The molecule has 1 aromatic heterocycles. The van der Waals surface area contributed by atoms with Crippen LogP contribution in [0.3, 0.4) is 0 Å². The van der Waals surface area contributed by atoms with Crippen molar-refractivity contribution in [3.63, 3.8) is 0 Å². The third-order valence-electron chi connectivity index (χ3n) is 7.97. The van der Waals surface area contributed by atoms with E-state index >= 15 is 0 Å². The van der Waals surface area contributed by atoms with Crippen molar-refractivity contribution in [1.29, 1.82) is 0 Å². The summed E-state index contributed by atoms with van der Waals surface area (Å²) >= 11 is 1.52. The first kappa shape index (κ1) is 32.7. The average molecular weight is 613 g/mol. The van der Waals surface area contributed by atoms with Crippen molar-refractivity contribution in [2.24, 2.45) is 5.92 Å². The van der Waals surface area contributed by atoms with Gasteiger partial charge in [-0.3, -0.25) is 4.79 Å². The lowest BCUT2D eigenvalue weighted by atomic mass is 10.0. The van der Waals surface area contributed by atoms with Gasteiger partial charge in [0.15, 0.2) is 0 Å². The van der Waals surface area contributed by atoms with E-state index in [0.29, 0.717) is 23.9 Å². The molecular formula is C36H44N4O3S. The molecule has 8 heteroatoms. The molecule has 0 saturated heterocycles. The van der Waals surface area contributed by atoms with E-state index in [-0.39, 0.29) is 13.1 Å². The molecule has 4 aromatic rings. The second-order valence-corrected chi connectivity index (χ2v) is 12.4. The van der Waals surface area contributed by atoms with E-state index in [1.807, 2.05) is 23.6 Å². The van der Waals surface area contributed by atoms with Crippen LogP contribution >= 0.6 is 11.3 Å². The summed E-state index contributed by atoms with van der Waals surface area (Å²) in [5, 5.41) is 15.0. The largest absolute Gasteiger partial charge is 0.480 e. The van der Waals surface area contributed by atoms with Crippen molar-refractivity contribution in [2.45, 2.75) is 59.4 Å². The first-order valence-corrected chi connectivity index (χ1v) is 16.3. The molecule has 0 bridgehead atoms. The Morgan fingerprint density at radius 2 is 1.61 bits per heavy atom. The van der Waals surface area contributed by atoms with Crippen LogP contribution in [0.25, 0.3) is 11.3 Å². The van der Waals surface area contributed by atoms with Gasteiger partial charge in [-0.15, -0.1) is 11.3 Å². The fourth-order valence-corrected chi connectivity index (χ4v) is 5.92. The third kappa shape index (κ3) is 9.41. The zero-order valence-corrected chi connectivity index (χ0v) is 27.0. The normalized spacial score (nSPS) is 11.1. The molecule has 0 unspecified atom stereocenters. The summed E-state index contributed by atoms with van der Waals surface area (Å²) in [5.41, 5.74) is 6.39. The second-order valence-electron chi connectivity index (χ2n) is 11.5. The highest BCUT2D eigenvalue weighted by molar-refractivity contribution is 7.09. The molecule has 2 amide bonds. The number of rotatable bonds is 15. The number of anilines is 2. The molecule has 0 atom stereocenters. The van der Waals surface area contributed by atoms with Crippen molar-refractivity contribution < 1.29 is 14.7 Å². The standard InChI is InChI=1S/C36H44N4O3S/c1-5-27(6-2)22-40(32-18-16-29(17-19-32)26(3)4)23-28-12-14-30(15-13-28)33-25-44-34(38-33)20-21-39(24-35(41)42)36(43)37-31-10-8-7-9-11-31/h7-19,25-27H,5-6,20-24H2,1-4H3,(H,37,43)(H,41,42). The van der Waals surface area contributed by atoms with Gasteiger partial charge < -0.3 is 20.2 Å². The summed E-state index contributed by atoms with van der Waals surface area (Å²) in [6, 6.07) is 26.2. The smallest absolute Gasteiger partial charge is 0.323 e. The quantitative estimate of drug-likeness (QED) is 0.141. The van der Waals surface area contributed by atoms with Crippen molar-refractivity contribution in [3.05, 3.63) is 100 Å². The van der Waals surface area contributed by atoms with Crippen LogP contribution in [0.4, 0.5) is 16.2 Å². The molecule has 3 aromatic carbocycles. The second kappa shape index (κ2) is 16.1. The predicted molar refractivity (Wildman–Crippen MR) is 182 cm³/mol. The summed E-state index contributed by atoms with van der Waals surface area (Å²) in [6.45, 7) is 10.7. The first-order chi connectivity index (χ1) is 21.2. The number of hydrogen-bond donors (Lipinski definition) is 2. The van der Waals surface area contributed by atoms with Gasteiger partial charge in [0, 0.05) is 48.4 Å². The van der Waals surface area contributed by atoms with Gasteiger partial charge in [-0.2, -0.15) is 0 Å². The SMILES string of the molecule is CCC(CC)CN(Cc1ccc(-c2csc(CCN(CC(=O)O)C(=O)Nc3ccccc3)n2)cc1)c1ccc(C(C)C)cc1. The number of carbonyl (C=O) groups excluding carboxylic acids is 1. The van der Waals surface area contributed by atoms with Gasteiger partial charge in [-0.25, -0.2) is 9.78 Å². The van der Waals surface area contributed by atoms with Crippen LogP contribution in [0.5, 0.6) is 0 Å². The topological polar surface area (TPSA) is 85.8 Å². The Bertz CT molecular complexity index is 1470. The molecule has 44 heavy (non-hydrogen) atoms. The number of urea groups is 1. The van der Waals surface area contributed by atoms with Gasteiger partial charge in [-0.05, 0) is 47.2 Å². The van der Waals surface area contributed by atoms with Crippen LogP contribution in [0, 0.1) is 5.92 Å². The Hall–Kier alpha value is -4.17. The van der Waals surface area contributed by atoms with E-state index < -0.39 is 12.0 Å². The Labute approximate surface area is 265 Å². The molecule has 2 N–H and O–H groups in total. The summed E-state index contributed by atoms with van der Waals surface area (Å²) < 4.78 is 0. The summed E-state index contributed by atoms with van der Waals surface area (Å²) in [5.74, 6) is 0.0978. The maximum atomic E-state index is 12.8. The molecule has 4 rings (SSSR count). The Balaban J connectivity index is 1.41. The van der Waals surface area contributed by atoms with Crippen molar-refractivity contribution in [2.75, 3.05) is 29.9 Å². The fourth-order valence-electron chi connectivity index (χ4n) is 5.12. The number of carboxylic acid groups (broad SMARTS) is 1. The lowest BCUT2D eigenvalue weighted by Gasteiger charge is -2.29. The molecule has 1 heterocycles. The van der Waals surface area contributed by atoms with Gasteiger partial charge in [-0.1, -0.05) is 95.1 Å². The summed E-state index contributed by atoms with van der Waals surface area (Å²) in [6.07, 6.45) is 2.79. The monoisotopic (exact) mass is 612 g/mol. The lowest BCUT2D eigenvalue weighted by Crippen LogP contribution is -2.40. The number of nitrogens with zero attached hydrogens (tertiary/aromatic N) is 3. The van der Waals surface area contributed by atoms with E-state index in [1.165, 1.54) is 33.1 Å². The maximum Gasteiger partial charge on any atom is 0.323 e. The lowest BCUT2D eigenvalue weighted by molar-refractivity contribution is -0.137. The minimum absolute atomic E-state index is 0.251. The Kier molecular flexibility index (Phi) is 11.9. The van der Waals surface area contributed by atoms with Crippen LogP contribution in [0.2, 0.25) is 0 Å². The number of carbonyl (C=O) groups is 2. The minimum atomic E-state index is -1.06. The fraction of sp³-hybridized carbons (Fsp3) is 0.361. The van der Waals surface area contributed by atoms with Crippen molar-refractivity contribution in [1.82, 2.24) is 9.88 Å². The number of thiazole rings is 1. The average Bonchev–Trinajstić information content (AvgIpc) is 3.51. The maximum absolute atomic E-state index is 12.8. The van der Waals surface area contributed by atoms with Crippen LogP contribution in [0.1, 0.15) is 62.6 Å². The highest BCUT2D eigenvalue weighted by Gasteiger charge is 2.18. The van der Waals surface area contributed by atoms with Crippen LogP contribution < -0.4 is 10.2 Å². The number of aromatic nitrogens is 1. The van der Waals surface area contributed by atoms with Crippen LogP contribution in [0.15, 0.2) is 84.2 Å². The van der Waals surface area contributed by atoms with Crippen molar-refractivity contribution in [3.8, 4) is 11.3 Å². The highest BCUT2D eigenvalue weighted by atomic mass is 32.1. The molecular weight excluding hydrogens is 568 g/mol. The molecule has 7 nitrogen and oxygen atoms in total. The molecule has 0 fully saturated rings. The molecule has 232 valence electrons. The molecule has 0 aliphatic heterocycles. The van der Waals surface area contributed by atoms with Gasteiger partial charge in [0.25, 0.3) is 0 Å². The highest BCUT2D eigenvalue weighted by Crippen LogP contribution is 2.26. The van der Waals surface area contributed by atoms with Crippen molar-refractivity contribution >= 4 is 34.7 Å². The number of benzene rings is 3. The molecule has 0 aliphatic carbocycles. The molecule has 0 aliphatic rings. The zero-order chi connectivity index (χ0) is 31.5. The first-order valence-electron chi connectivity index (χ1n) is 15.5. The van der Waals surface area contributed by atoms with E-state index in [2.05, 4.69) is 86.4 Å². The van der Waals surface area contributed by atoms with Crippen LogP contribution in [-0.4, -0.2) is 46.6 Å². The van der Waals surface area contributed by atoms with Gasteiger partial charge in [0.2, 0.25) is 0 Å². The zero-order valence-electron chi connectivity index (χ0n) is 26.2. The van der Waals surface area contributed by atoms with Crippen LogP contribution in [-0.2, 0) is 17.8 Å². The molecule has 0 saturated carbocycles. The summed E-state index contributed by atoms with van der Waals surface area (Å²) in [7, 11) is 0. The minimum Gasteiger partial charge on any atom is -0.480 e. The van der Waals surface area contributed by atoms with Gasteiger partial charge >= 0.3 is 12.0 Å². The number of amides is 2. The molecule has 0 spiro atoms. The number of hydrogen-bond acceptors (Lipinski definition) is 5. The summed E-state index contributed by atoms with van der Waals surface area (Å²) in [4.78, 5) is 32.8. The van der Waals surface area contributed by atoms with E-state index in [9.17, 15) is 14.7 Å². The number of nitrogens with one attached hydrogen (secondary N) is 1. The Morgan fingerprint density at radius 1 is 0.932 bits per heavy atom. The van der Waals surface area contributed by atoms with E-state index in [1.54, 1.807) is 12.1 Å². The predicted octanol–water partition coefficient (Wildman–Crippen LogP) is 8.54. The number of carboxylic acids is 1. The van der Waals surface area contributed by atoms with E-state index in [4.69, 9.17) is 4.98 Å². The van der Waals surface area contributed by atoms with E-state index in [0.717, 1.165) is 42.2 Å². The number of aliphatic carboxylic acids is 1. The van der Waals surface area contributed by atoms with Gasteiger partial charge in [0.1, 0.15) is 6.54 Å². The molecule has 0 radical (unpaired) electrons. The third-order valence-corrected chi connectivity index (χ3v) is 8.88. The Morgan fingerprint density at radius 3 is 2.23 bits per heavy atom. The number of para-hydroxylation sites is 1.